The lowest BCUT2D eigenvalue weighted by Gasteiger charge is -2.11. The Morgan fingerprint density at radius 3 is 1.78 bits per heavy atom. The largest absolute Gasteiger partial charge is 0.309 e. The zero-order valence-corrected chi connectivity index (χ0v) is 29.1. The summed E-state index contributed by atoms with van der Waals surface area (Å²) < 4.78 is 4.73. The number of aromatic nitrogens is 4. The molecule has 4 heteroatoms. The molecule has 12 rings (SSSR count). The smallest absolute Gasteiger partial charge is 0.138 e. The molecule has 0 atom stereocenters. The molecule has 250 valence electrons. The predicted octanol–water partition coefficient (Wildman–Crippen LogP) is 12.8. The Kier molecular flexibility index (Phi) is 6.02. The van der Waals surface area contributed by atoms with E-state index < -0.39 is 0 Å². The number of hydrogen-bond donors (Lipinski definition) is 0. The lowest BCUT2D eigenvalue weighted by atomic mass is 10.0. The van der Waals surface area contributed by atoms with Gasteiger partial charge in [0.25, 0.3) is 0 Å². The number of pyridine rings is 2. The van der Waals surface area contributed by atoms with E-state index in [9.17, 15) is 0 Å². The van der Waals surface area contributed by atoms with Gasteiger partial charge in [-0.15, -0.1) is 0 Å². The normalized spacial score (nSPS) is 12.1. The minimum Gasteiger partial charge on any atom is -0.309 e. The Hall–Kier alpha value is -7.30. The molecule has 54 heavy (non-hydrogen) atoms. The Bertz CT molecular complexity index is 3330. The number of rotatable bonds is 4. The molecule has 4 nitrogen and oxygen atoms in total. The summed E-state index contributed by atoms with van der Waals surface area (Å²) in [7, 11) is 0. The Balaban J connectivity index is 1.03. The van der Waals surface area contributed by atoms with Crippen molar-refractivity contribution in [3.63, 3.8) is 0 Å². The van der Waals surface area contributed by atoms with Crippen molar-refractivity contribution in [2.75, 3.05) is 0 Å². The van der Waals surface area contributed by atoms with Gasteiger partial charge in [0.15, 0.2) is 0 Å². The first-order chi connectivity index (χ1) is 26.8. The summed E-state index contributed by atoms with van der Waals surface area (Å²) in [4.78, 5) is 9.74. The first-order valence-corrected chi connectivity index (χ1v) is 18.4. The van der Waals surface area contributed by atoms with Crippen LogP contribution in [0.5, 0.6) is 0 Å². The van der Waals surface area contributed by atoms with E-state index in [-0.39, 0.29) is 0 Å². The molecule has 0 spiro atoms. The van der Waals surface area contributed by atoms with Gasteiger partial charge in [-0.3, -0.25) is 9.55 Å². The van der Waals surface area contributed by atoms with Crippen LogP contribution < -0.4 is 0 Å². The van der Waals surface area contributed by atoms with Crippen LogP contribution in [0, 0.1) is 0 Å². The van der Waals surface area contributed by atoms with Crippen molar-refractivity contribution in [2.45, 2.75) is 0 Å². The highest BCUT2D eigenvalue weighted by atomic mass is 15.1. The van der Waals surface area contributed by atoms with Crippen molar-refractivity contribution < 1.29 is 0 Å². The molecule has 0 saturated carbocycles. The van der Waals surface area contributed by atoms with E-state index >= 15 is 0 Å². The maximum absolute atomic E-state index is 5.30. The minimum absolute atomic E-state index is 0.920. The third-order valence-corrected chi connectivity index (χ3v) is 11.3. The standard InChI is InChI=1S/C50H30N4/c1-2-10-31(11-3-1)32-12-8-13-35(26-32)53-45-18-6-4-14-37(45)40-27-33(20-22-47(40)53)34-21-23-48-41(28-34)38-15-5-7-19-46(38)54(48)49-29-42-36-24-25-51-30-43(36)39-16-9-17-44(52-49)50(39)42/h1-30H. The van der Waals surface area contributed by atoms with Crippen molar-refractivity contribution in [3.8, 4) is 56.0 Å². The molecule has 7 aromatic carbocycles. The fourth-order valence-corrected chi connectivity index (χ4v) is 8.95. The first-order valence-electron chi connectivity index (χ1n) is 18.4. The molecule has 4 heterocycles. The molecular formula is C50H30N4. The van der Waals surface area contributed by atoms with Gasteiger partial charge in [-0.1, -0.05) is 103 Å². The molecule has 0 radical (unpaired) electrons. The minimum atomic E-state index is 0.920. The van der Waals surface area contributed by atoms with Crippen molar-refractivity contribution >= 4 is 54.5 Å². The Labute approximate surface area is 310 Å². The third kappa shape index (κ3) is 4.13. The average Bonchev–Trinajstić information content (AvgIpc) is 3.87. The van der Waals surface area contributed by atoms with Crippen LogP contribution in [0.1, 0.15) is 0 Å². The molecule has 0 fully saturated rings. The second-order valence-electron chi connectivity index (χ2n) is 14.2. The van der Waals surface area contributed by atoms with Gasteiger partial charge in [0, 0.05) is 50.6 Å². The molecule has 0 amide bonds. The van der Waals surface area contributed by atoms with Gasteiger partial charge < -0.3 is 4.57 Å². The van der Waals surface area contributed by atoms with Gasteiger partial charge >= 0.3 is 0 Å². The van der Waals surface area contributed by atoms with E-state index in [1.54, 1.807) is 0 Å². The maximum atomic E-state index is 5.30. The summed E-state index contributed by atoms with van der Waals surface area (Å²) in [6, 6.07) is 61.5. The summed E-state index contributed by atoms with van der Waals surface area (Å²) in [6.07, 6.45) is 3.86. The topological polar surface area (TPSA) is 35.6 Å². The van der Waals surface area contributed by atoms with Crippen molar-refractivity contribution in [1.29, 1.82) is 0 Å². The average molecular weight is 687 g/mol. The first kappa shape index (κ1) is 29.3. The van der Waals surface area contributed by atoms with Crippen LogP contribution in [0.4, 0.5) is 0 Å². The van der Waals surface area contributed by atoms with Gasteiger partial charge in [0.2, 0.25) is 0 Å². The van der Waals surface area contributed by atoms with Crippen LogP contribution in [0.25, 0.3) is 111 Å². The van der Waals surface area contributed by atoms with Crippen molar-refractivity contribution in [3.05, 3.63) is 182 Å². The van der Waals surface area contributed by atoms with E-state index in [1.165, 1.54) is 82.5 Å². The molecule has 4 aromatic heterocycles. The van der Waals surface area contributed by atoms with Crippen molar-refractivity contribution in [1.82, 2.24) is 19.1 Å². The maximum Gasteiger partial charge on any atom is 0.138 e. The highest BCUT2D eigenvalue weighted by molar-refractivity contribution is 6.16. The van der Waals surface area contributed by atoms with Gasteiger partial charge in [-0.2, -0.15) is 0 Å². The Morgan fingerprint density at radius 2 is 1.00 bits per heavy atom. The second-order valence-corrected chi connectivity index (χ2v) is 14.2. The van der Waals surface area contributed by atoms with E-state index in [2.05, 4.69) is 184 Å². The number of fused-ring (bicyclic) bond motifs is 9. The fourth-order valence-electron chi connectivity index (χ4n) is 8.95. The van der Waals surface area contributed by atoms with E-state index in [1.807, 2.05) is 12.4 Å². The molecule has 0 bridgehead atoms. The highest BCUT2D eigenvalue weighted by Crippen LogP contribution is 2.47. The van der Waals surface area contributed by atoms with Crippen LogP contribution >= 0.6 is 0 Å². The van der Waals surface area contributed by atoms with E-state index in [0.717, 1.165) is 28.1 Å². The molecule has 0 aliphatic heterocycles. The molecular weight excluding hydrogens is 657 g/mol. The quantitative estimate of drug-likeness (QED) is 0.185. The highest BCUT2D eigenvalue weighted by Gasteiger charge is 2.24. The van der Waals surface area contributed by atoms with Gasteiger partial charge in [0.1, 0.15) is 5.82 Å². The lowest BCUT2D eigenvalue weighted by Crippen LogP contribution is -1.98. The summed E-state index contributed by atoms with van der Waals surface area (Å²) in [5, 5.41) is 6.10. The summed E-state index contributed by atoms with van der Waals surface area (Å²) in [5.41, 5.74) is 16.4. The molecule has 1 aliphatic rings. The summed E-state index contributed by atoms with van der Waals surface area (Å²) in [6.45, 7) is 0. The Morgan fingerprint density at radius 1 is 0.370 bits per heavy atom. The second kappa shape index (κ2) is 11.1. The molecule has 0 unspecified atom stereocenters. The van der Waals surface area contributed by atoms with Crippen LogP contribution in [-0.2, 0) is 0 Å². The fraction of sp³-hybridized carbons (Fsp3) is 0. The van der Waals surface area contributed by atoms with Crippen molar-refractivity contribution in [2.24, 2.45) is 0 Å². The van der Waals surface area contributed by atoms with E-state index in [0.29, 0.717) is 0 Å². The molecule has 0 N–H and O–H groups in total. The molecule has 1 aliphatic carbocycles. The van der Waals surface area contributed by atoms with Gasteiger partial charge in [0.05, 0.1) is 27.6 Å². The number of hydrogen-bond acceptors (Lipinski definition) is 2. The lowest BCUT2D eigenvalue weighted by molar-refractivity contribution is 1.10. The zero-order chi connectivity index (χ0) is 35.3. The third-order valence-electron chi connectivity index (χ3n) is 11.3. The van der Waals surface area contributed by atoms with Gasteiger partial charge in [-0.05, 0) is 106 Å². The SMILES string of the molecule is c1ccc(-c2cccc(-n3c4ccccc4c4cc(-c5ccc6c(c5)c5ccccc5n6-c5cc6c7c(cccc7n5)-c5cnccc5-6)ccc43)c2)cc1. The zero-order valence-electron chi connectivity index (χ0n) is 29.1. The van der Waals surface area contributed by atoms with Gasteiger partial charge in [-0.25, -0.2) is 4.98 Å². The predicted molar refractivity (Wildman–Crippen MR) is 224 cm³/mol. The molecule has 11 aromatic rings. The van der Waals surface area contributed by atoms with Crippen LogP contribution in [0.3, 0.4) is 0 Å². The number of benzene rings is 7. The number of para-hydroxylation sites is 2. The van der Waals surface area contributed by atoms with E-state index in [4.69, 9.17) is 4.98 Å². The monoisotopic (exact) mass is 686 g/mol. The summed E-state index contributed by atoms with van der Waals surface area (Å²) >= 11 is 0. The molecule has 0 saturated heterocycles. The van der Waals surface area contributed by atoms with Crippen LogP contribution in [-0.4, -0.2) is 19.1 Å². The number of nitrogens with zero attached hydrogens (tertiary/aromatic N) is 4. The summed E-state index contributed by atoms with van der Waals surface area (Å²) in [5.74, 6) is 0.920. The van der Waals surface area contributed by atoms with Crippen LogP contribution in [0.15, 0.2) is 182 Å². The van der Waals surface area contributed by atoms with Crippen LogP contribution in [0.2, 0.25) is 0 Å².